The molecular weight excluding hydrogens is 378 g/mol. The van der Waals surface area contributed by atoms with Gasteiger partial charge in [-0.1, -0.05) is 12.1 Å². The first-order chi connectivity index (χ1) is 13.7. The maximum absolute atomic E-state index is 12.9. The molecule has 1 fully saturated rings. The molecule has 29 heavy (non-hydrogen) atoms. The second-order valence-electron chi connectivity index (χ2n) is 6.49. The zero-order valence-electron chi connectivity index (χ0n) is 15.9. The van der Waals surface area contributed by atoms with E-state index in [-0.39, 0.29) is 22.6 Å². The third-order valence-corrected chi connectivity index (χ3v) is 4.28. The molecule has 3 rings (SSSR count). The predicted molar refractivity (Wildman–Crippen MR) is 105 cm³/mol. The first-order valence-electron chi connectivity index (χ1n) is 8.53. The molecule has 9 heteroatoms. The molecule has 1 aliphatic heterocycles. The van der Waals surface area contributed by atoms with E-state index in [9.17, 15) is 24.5 Å². The monoisotopic (exact) mass is 395 g/mol. The van der Waals surface area contributed by atoms with Gasteiger partial charge in [0, 0.05) is 6.07 Å². The summed E-state index contributed by atoms with van der Waals surface area (Å²) in [5.74, 6) is -1.65. The third kappa shape index (κ3) is 3.84. The van der Waals surface area contributed by atoms with Crippen LogP contribution in [0.1, 0.15) is 16.7 Å². The Morgan fingerprint density at radius 2 is 1.72 bits per heavy atom. The number of barbiturate groups is 1. The smallest absolute Gasteiger partial charge is 0.335 e. The number of amides is 4. The van der Waals surface area contributed by atoms with Crippen molar-refractivity contribution in [1.29, 1.82) is 0 Å². The fraction of sp³-hybridized carbons (Fsp3) is 0.150. The van der Waals surface area contributed by atoms with Crippen molar-refractivity contribution in [3.63, 3.8) is 0 Å². The van der Waals surface area contributed by atoms with Gasteiger partial charge in [-0.3, -0.25) is 25.0 Å². The number of aryl methyl sites for hydroxylation is 2. The van der Waals surface area contributed by atoms with Crippen molar-refractivity contribution in [2.24, 2.45) is 0 Å². The first kappa shape index (κ1) is 19.7. The molecule has 0 unspecified atom stereocenters. The number of urea groups is 1. The highest BCUT2D eigenvalue weighted by atomic mass is 16.6. The number of carbonyl (C=O) groups is 3. The molecule has 0 radical (unpaired) electrons. The number of nitro groups is 1. The molecule has 2 aromatic carbocycles. The molecule has 0 spiro atoms. The number of imide groups is 2. The third-order valence-electron chi connectivity index (χ3n) is 4.28. The van der Waals surface area contributed by atoms with Crippen LogP contribution in [0.5, 0.6) is 5.75 Å². The van der Waals surface area contributed by atoms with Crippen LogP contribution >= 0.6 is 0 Å². The average Bonchev–Trinajstić information content (AvgIpc) is 2.64. The van der Waals surface area contributed by atoms with Crippen molar-refractivity contribution in [3.05, 3.63) is 68.8 Å². The topological polar surface area (TPSA) is 119 Å². The number of methoxy groups -OCH3 is 1. The van der Waals surface area contributed by atoms with E-state index in [0.717, 1.165) is 16.0 Å². The van der Waals surface area contributed by atoms with Crippen molar-refractivity contribution >= 4 is 35.3 Å². The van der Waals surface area contributed by atoms with Crippen molar-refractivity contribution in [2.45, 2.75) is 13.8 Å². The summed E-state index contributed by atoms with van der Waals surface area (Å²) in [5, 5.41) is 13.3. The van der Waals surface area contributed by atoms with Gasteiger partial charge in [-0.2, -0.15) is 0 Å². The molecule has 9 nitrogen and oxygen atoms in total. The summed E-state index contributed by atoms with van der Waals surface area (Å²) < 4.78 is 4.94. The molecule has 0 bridgehead atoms. The predicted octanol–water partition coefficient (Wildman–Crippen LogP) is 2.89. The number of nitrogens with one attached hydrogen (secondary N) is 1. The minimum atomic E-state index is -0.876. The molecule has 1 heterocycles. The summed E-state index contributed by atoms with van der Waals surface area (Å²) in [6, 6.07) is 8.34. The molecule has 0 aliphatic carbocycles. The Kier molecular flexibility index (Phi) is 5.14. The minimum absolute atomic E-state index is 0.0450. The summed E-state index contributed by atoms with van der Waals surface area (Å²) in [6.45, 7) is 3.64. The van der Waals surface area contributed by atoms with Gasteiger partial charge in [0.25, 0.3) is 11.8 Å². The maximum Gasteiger partial charge on any atom is 0.335 e. The molecule has 1 N–H and O–H groups in total. The van der Waals surface area contributed by atoms with Crippen LogP contribution in [0.3, 0.4) is 0 Å². The van der Waals surface area contributed by atoms with Gasteiger partial charge in [0.15, 0.2) is 5.75 Å². The summed E-state index contributed by atoms with van der Waals surface area (Å²) in [4.78, 5) is 48.9. The molecule has 148 valence electrons. The number of anilines is 1. The SMILES string of the molecule is COc1ccc(/C=C2\C(=O)NC(=O)N(c3cc(C)cc(C)c3)C2=O)cc1[N+](=O)[O-]. The summed E-state index contributed by atoms with van der Waals surface area (Å²) in [7, 11) is 1.30. The molecule has 4 amide bonds. The van der Waals surface area contributed by atoms with Gasteiger partial charge in [-0.15, -0.1) is 0 Å². The van der Waals surface area contributed by atoms with E-state index in [1.165, 1.54) is 31.4 Å². The van der Waals surface area contributed by atoms with Crippen LogP contribution in [0.15, 0.2) is 42.0 Å². The number of rotatable bonds is 4. The van der Waals surface area contributed by atoms with Crippen LogP contribution < -0.4 is 15.0 Å². The molecule has 1 saturated heterocycles. The number of nitrogens with zero attached hydrogens (tertiary/aromatic N) is 2. The lowest BCUT2D eigenvalue weighted by Gasteiger charge is -2.27. The van der Waals surface area contributed by atoms with Crippen LogP contribution in [0.4, 0.5) is 16.2 Å². The van der Waals surface area contributed by atoms with Crippen LogP contribution in [0.2, 0.25) is 0 Å². The first-order valence-corrected chi connectivity index (χ1v) is 8.53. The number of carbonyl (C=O) groups excluding carboxylic acids is 3. The van der Waals surface area contributed by atoms with Gasteiger partial charge in [-0.05, 0) is 54.8 Å². The largest absolute Gasteiger partial charge is 0.490 e. The highest BCUT2D eigenvalue weighted by Crippen LogP contribution is 2.29. The second-order valence-corrected chi connectivity index (χ2v) is 6.49. The molecule has 0 atom stereocenters. The van der Waals surface area contributed by atoms with Gasteiger partial charge in [0.1, 0.15) is 5.57 Å². The quantitative estimate of drug-likeness (QED) is 0.368. The molecule has 1 aliphatic rings. The second kappa shape index (κ2) is 7.55. The van der Waals surface area contributed by atoms with Crippen molar-refractivity contribution < 1.29 is 24.0 Å². The standard InChI is InChI=1S/C20H17N3O6/c1-11-6-12(2)8-14(7-11)22-19(25)15(18(24)21-20(22)26)9-13-4-5-17(29-3)16(10-13)23(27)28/h4-10H,1-3H3,(H,21,24,26)/b15-9+. The number of nitro benzene ring substituents is 1. The number of benzene rings is 2. The van der Waals surface area contributed by atoms with E-state index in [0.29, 0.717) is 5.69 Å². The fourth-order valence-corrected chi connectivity index (χ4v) is 3.08. The summed E-state index contributed by atoms with van der Waals surface area (Å²) >= 11 is 0. The summed E-state index contributed by atoms with van der Waals surface area (Å²) in [5.41, 5.74) is 1.62. The fourth-order valence-electron chi connectivity index (χ4n) is 3.08. The van der Waals surface area contributed by atoms with E-state index in [1.54, 1.807) is 12.1 Å². The van der Waals surface area contributed by atoms with Gasteiger partial charge < -0.3 is 4.74 Å². The van der Waals surface area contributed by atoms with E-state index < -0.39 is 22.8 Å². The van der Waals surface area contributed by atoms with Crippen LogP contribution in [0.25, 0.3) is 6.08 Å². The lowest BCUT2D eigenvalue weighted by molar-refractivity contribution is -0.385. The number of hydrogen-bond acceptors (Lipinski definition) is 6. The van der Waals surface area contributed by atoms with E-state index in [4.69, 9.17) is 4.74 Å². The lowest BCUT2D eigenvalue weighted by atomic mass is 10.0. The normalized spacial score (nSPS) is 15.5. The maximum atomic E-state index is 12.9. The Labute approximate surface area is 165 Å². The minimum Gasteiger partial charge on any atom is -0.490 e. The average molecular weight is 395 g/mol. The van der Waals surface area contributed by atoms with Gasteiger partial charge in [0.05, 0.1) is 17.7 Å². The highest BCUT2D eigenvalue weighted by molar-refractivity contribution is 6.39. The number of ether oxygens (including phenoxy) is 1. The van der Waals surface area contributed by atoms with Crippen LogP contribution in [-0.2, 0) is 9.59 Å². The highest BCUT2D eigenvalue weighted by Gasteiger charge is 2.37. The van der Waals surface area contributed by atoms with Crippen molar-refractivity contribution in [1.82, 2.24) is 5.32 Å². The zero-order valence-corrected chi connectivity index (χ0v) is 15.9. The Morgan fingerprint density at radius 1 is 1.07 bits per heavy atom. The Bertz CT molecular complexity index is 1070. The van der Waals surface area contributed by atoms with Gasteiger partial charge >= 0.3 is 11.7 Å². The molecular formula is C20H17N3O6. The van der Waals surface area contributed by atoms with Crippen LogP contribution in [0, 0.1) is 24.0 Å². The Morgan fingerprint density at radius 3 is 2.31 bits per heavy atom. The van der Waals surface area contributed by atoms with Gasteiger partial charge in [-0.25, -0.2) is 9.69 Å². The zero-order chi connectivity index (χ0) is 21.3. The van der Waals surface area contributed by atoms with Crippen LogP contribution in [-0.4, -0.2) is 29.9 Å². The van der Waals surface area contributed by atoms with Gasteiger partial charge in [0.2, 0.25) is 0 Å². The lowest BCUT2D eigenvalue weighted by Crippen LogP contribution is -2.54. The Hall–Kier alpha value is -4.01. The molecule has 0 aromatic heterocycles. The molecule has 2 aromatic rings. The van der Waals surface area contributed by atoms with Crippen molar-refractivity contribution in [2.75, 3.05) is 12.0 Å². The van der Waals surface area contributed by atoms with Crippen molar-refractivity contribution in [3.8, 4) is 5.75 Å². The van der Waals surface area contributed by atoms with E-state index in [2.05, 4.69) is 5.32 Å². The number of hydrogen-bond donors (Lipinski definition) is 1. The molecule has 0 saturated carbocycles. The van der Waals surface area contributed by atoms with E-state index in [1.807, 2.05) is 19.9 Å². The van der Waals surface area contributed by atoms with E-state index >= 15 is 0 Å². The summed E-state index contributed by atoms with van der Waals surface area (Å²) in [6.07, 6.45) is 1.20. The Balaban J connectivity index is 2.06.